The second-order valence-corrected chi connectivity index (χ2v) is 13.1. The predicted molar refractivity (Wildman–Crippen MR) is 142 cm³/mol. The number of hydrogen-bond donors (Lipinski definition) is 0. The maximum Gasteiger partial charge on any atom is 0.612 e. The van der Waals surface area contributed by atoms with E-state index < -0.39 is 8.11 Å². The number of hydrogen-bond acceptors (Lipinski definition) is 4. The van der Waals surface area contributed by atoms with Gasteiger partial charge in [0.05, 0.1) is 6.10 Å². The largest absolute Gasteiger partial charge is 0.612 e. The summed E-state index contributed by atoms with van der Waals surface area (Å²) in [7, 11) is 4.38. The quantitative estimate of drug-likeness (QED) is 0.0726. The molecular formula is C26H56ClNO3Si. The van der Waals surface area contributed by atoms with Crippen LogP contribution >= 0.6 is 11.1 Å². The maximum absolute atomic E-state index is 6.38. The molecule has 4 nitrogen and oxygen atoms in total. The number of rotatable bonds is 25. The van der Waals surface area contributed by atoms with Gasteiger partial charge in [0.15, 0.2) is 0 Å². The molecule has 0 aliphatic carbocycles. The summed E-state index contributed by atoms with van der Waals surface area (Å²) in [5.74, 6) is 0. The molecule has 0 aliphatic heterocycles. The molecule has 0 fully saturated rings. The summed E-state index contributed by atoms with van der Waals surface area (Å²) in [5, 5.41) is 0. The highest BCUT2D eigenvalue weighted by Crippen LogP contribution is 2.22. The Morgan fingerprint density at radius 2 is 1.00 bits per heavy atom. The molecule has 0 heterocycles. The molecule has 0 N–H and O–H groups in total. The Morgan fingerprint density at radius 1 is 0.625 bits per heavy atom. The minimum atomic E-state index is -2.99. The van der Waals surface area contributed by atoms with Crippen LogP contribution in [0.15, 0.2) is 0 Å². The minimum absolute atomic E-state index is 0.130. The van der Waals surface area contributed by atoms with Crippen LogP contribution in [-0.4, -0.2) is 54.0 Å². The minimum Gasteiger partial charge on any atom is -0.365 e. The summed E-state index contributed by atoms with van der Waals surface area (Å²) in [4.78, 5) is 2.21. The zero-order chi connectivity index (χ0) is 23.9. The standard InChI is InChI=1S/C26H56ClNO3Si/c1-6-7-8-9-10-11-12-13-14-15-16-17-18-19-20-21-23-26(24-22-25-28(2)3)31-32(27,29-4)30-5/h26H,6-25H2,1-5H3. The molecule has 0 amide bonds. The van der Waals surface area contributed by atoms with E-state index in [1.807, 2.05) is 0 Å². The first-order valence-corrected chi connectivity index (χ1v) is 16.3. The third-order valence-electron chi connectivity index (χ3n) is 6.31. The molecule has 1 atom stereocenters. The van der Waals surface area contributed by atoms with Crippen molar-refractivity contribution in [2.24, 2.45) is 0 Å². The molecule has 194 valence electrons. The average Bonchev–Trinajstić information content (AvgIpc) is 2.78. The fraction of sp³-hybridized carbons (Fsp3) is 1.00. The van der Waals surface area contributed by atoms with Crippen molar-refractivity contribution in [2.75, 3.05) is 34.9 Å². The molecular weight excluding hydrogens is 438 g/mol. The van der Waals surface area contributed by atoms with E-state index in [4.69, 9.17) is 24.4 Å². The molecule has 0 rings (SSSR count). The topological polar surface area (TPSA) is 30.9 Å². The van der Waals surface area contributed by atoms with Crippen molar-refractivity contribution < 1.29 is 13.3 Å². The highest BCUT2D eigenvalue weighted by Gasteiger charge is 2.39. The Balaban J connectivity index is 3.69. The first-order valence-electron chi connectivity index (χ1n) is 13.6. The van der Waals surface area contributed by atoms with Gasteiger partial charge in [-0.3, -0.25) is 0 Å². The van der Waals surface area contributed by atoms with Crippen molar-refractivity contribution in [2.45, 2.75) is 135 Å². The van der Waals surface area contributed by atoms with Gasteiger partial charge in [0, 0.05) is 14.2 Å². The molecule has 32 heavy (non-hydrogen) atoms. The van der Waals surface area contributed by atoms with E-state index >= 15 is 0 Å². The van der Waals surface area contributed by atoms with Crippen molar-refractivity contribution in [3.8, 4) is 0 Å². The normalized spacial score (nSPS) is 13.2. The van der Waals surface area contributed by atoms with Crippen LogP contribution in [0.2, 0.25) is 0 Å². The summed E-state index contributed by atoms with van der Waals surface area (Å²) in [6.07, 6.45) is 25.6. The maximum atomic E-state index is 6.38. The van der Waals surface area contributed by atoms with Crippen molar-refractivity contribution in [3.05, 3.63) is 0 Å². The third kappa shape index (κ3) is 20.9. The van der Waals surface area contributed by atoms with Crippen molar-refractivity contribution in [1.82, 2.24) is 4.90 Å². The highest BCUT2D eigenvalue weighted by molar-refractivity contribution is 7.09. The molecule has 0 radical (unpaired) electrons. The van der Waals surface area contributed by atoms with E-state index in [0.29, 0.717) is 0 Å². The Morgan fingerprint density at radius 3 is 1.38 bits per heavy atom. The second-order valence-electron chi connectivity index (χ2n) is 9.67. The number of nitrogens with zero attached hydrogens (tertiary/aromatic N) is 1. The van der Waals surface area contributed by atoms with Gasteiger partial charge in [-0.05, 0) is 39.9 Å². The van der Waals surface area contributed by atoms with Gasteiger partial charge in [-0.2, -0.15) is 0 Å². The lowest BCUT2D eigenvalue weighted by Crippen LogP contribution is -2.41. The SMILES string of the molecule is CCCCCCCCCCCCCCCCCCC(CCCN(C)C)O[Si](Cl)(OC)OC. The van der Waals surface area contributed by atoms with Gasteiger partial charge in [0.25, 0.3) is 0 Å². The molecule has 0 spiro atoms. The molecule has 1 unspecified atom stereocenters. The van der Waals surface area contributed by atoms with Crippen molar-refractivity contribution in [3.63, 3.8) is 0 Å². The first kappa shape index (κ1) is 32.3. The van der Waals surface area contributed by atoms with E-state index in [-0.39, 0.29) is 6.10 Å². The van der Waals surface area contributed by atoms with Crippen LogP contribution in [0.5, 0.6) is 0 Å². The fourth-order valence-electron chi connectivity index (χ4n) is 4.20. The van der Waals surface area contributed by atoms with Crippen LogP contribution in [0.4, 0.5) is 0 Å². The number of unbranched alkanes of at least 4 members (excludes halogenated alkanes) is 15. The van der Waals surface area contributed by atoms with Gasteiger partial charge in [-0.15, -0.1) is 0 Å². The Kier molecular flexibility index (Phi) is 23.4. The average molecular weight is 494 g/mol. The van der Waals surface area contributed by atoms with E-state index in [2.05, 4.69) is 25.9 Å². The van der Waals surface area contributed by atoms with E-state index in [9.17, 15) is 0 Å². The van der Waals surface area contributed by atoms with Crippen LogP contribution in [-0.2, 0) is 13.3 Å². The van der Waals surface area contributed by atoms with Crippen LogP contribution in [0.25, 0.3) is 0 Å². The molecule has 6 heteroatoms. The molecule has 0 bridgehead atoms. The van der Waals surface area contributed by atoms with Crippen LogP contribution < -0.4 is 0 Å². The van der Waals surface area contributed by atoms with Gasteiger partial charge in [-0.1, -0.05) is 121 Å². The lowest BCUT2D eigenvalue weighted by molar-refractivity contribution is 0.0628. The molecule has 0 aromatic rings. The summed E-state index contributed by atoms with van der Waals surface area (Å²) in [6, 6.07) is 0. The summed E-state index contributed by atoms with van der Waals surface area (Å²) < 4.78 is 16.7. The highest BCUT2D eigenvalue weighted by atomic mass is 35.6. The predicted octanol–water partition coefficient (Wildman–Crippen LogP) is 8.33. The third-order valence-corrected chi connectivity index (χ3v) is 9.09. The van der Waals surface area contributed by atoms with Crippen molar-refractivity contribution >= 4 is 19.2 Å². The van der Waals surface area contributed by atoms with E-state index in [0.717, 1.165) is 25.8 Å². The van der Waals surface area contributed by atoms with Gasteiger partial charge in [0.2, 0.25) is 0 Å². The van der Waals surface area contributed by atoms with Gasteiger partial charge < -0.3 is 18.2 Å². The lowest BCUT2D eigenvalue weighted by Gasteiger charge is -2.26. The first-order chi connectivity index (χ1) is 15.5. The molecule has 0 aliphatic rings. The number of halogens is 1. The second kappa shape index (κ2) is 23.1. The zero-order valence-electron chi connectivity index (χ0n) is 22.3. The monoisotopic (exact) mass is 493 g/mol. The Hall–Kier alpha value is 0.347. The molecule has 0 saturated carbocycles. The summed E-state index contributed by atoms with van der Waals surface area (Å²) in [5.41, 5.74) is 0. The van der Waals surface area contributed by atoms with Crippen LogP contribution in [0, 0.1) is 0 Å². The van der Waals surface area contributed by atoms with Gasteiger partial charge in [-0.25, -0.2) is 0 Å². The smallest absolute Gasteiger partial charge is 0.365 e. The summed E-state index contributed by atoms with van der Waals surface area (Å²) >= 11 is 6.38. The van der Waals surface area contributed by atoms with Crippen LogP contribution in [0.3, 0.4) is 0 Å². The summed E-state index contributed by atoms with van der Waals surface area (Å²) in [6.45, 7) is 3.35. The lowest BCUT2D eigenvalue weighted by atomic mass is 10.0. The Bertz CT molecular complexity index is 384. The van der Waals surface area contributed by atoms with Crippen LogP contribution in [0.1, 0.15) is 129 Å². The Labute approximate surface area is 207 Å². The van der Waals surface area contributed by atoms with E-state index in [1.54, 1.807) is 14.2 Å². The van der Waals surface area contributed by atoms with Gasteiger partial charge in [0.1, 0.15) is 0 Å². The zero-order valence-corrected chi connectivity index (χ0v) is 24.0. The van der Waals surface area contributed by atoms with Gasteiger partial charge >= 0.3 is 8.11 Å². The molecule has 0 aromatic heterocycles. The molecule has 0 aromatic carbocycles. The molecule has 0 saturated heterocycles. The van der Waals surface area contributed by atoms with Crippen molar-refractivity contribution in [1.29, 1.82) is 0 Å². The fourth-order valence-corrected chi connectivity index (χ4v) is 5.57. The van der Waals surface area contributed by atoms with E-state index in [1.165, 1.54) is 103 Å².